The Labute approximate surface area is 399 Å². The molecule has 0 N–H and O–H groups in total. The Hall–Kier alpha value is -8.50. The molecule has 1 spiro atoms. The van der Waals surface area contributed by atoms with Gasteiger partial charge in [-0.3, -0.25) is 0 Å². The number of hydrogen-bond acceptors (Lipinski definition) is 3. The lowest BCUT2D eigenvalue weighted by molar-refractivity contribution is 0.802. The summed E-state index contributed by atoms with van der Waals surface area (Å²) in [5.74, 6) is 0. The normalized spacial score (nSPS) is 14.2. The van der Waals surface area contributed by atoms with Gasteiger partial charge in [0.2, 0.25) is 0 Å². The van der Waals surface area contributed by atoms with Crippen LogP contribution in [0.1, 0.15) is 22.3 Å². The second-order valence-electron chi connectivity index (χ2n) is 18.0. The van der Waals surface area contributed by atoms with Crippen molar-refractivity contribution in [1.82, 2.24) is 0 Å². The first-order chi connectivity index (χ1) is 33.7. The Kier molecular flexibility index (Phi) is 8.71. The summed E-state index contributed by atoms with van der Waals surface area (Å²) in [4.78, 5) is 6.26. The molecule has 3 heteroatoms. The summed E-state index contributed by atoms with van der Waals surface area (Å²) in [6, 6.07) is 94.3. The molecule has 0 aliphatic heterocycles. The molecule has 0 bridgehead atoms. The van der Waals surface area contributed by atoms with Crippen LogP contribution in [-0.4, -0.2) is 0 Å². The lowest BCUT2D eigenvalue weighted by Gasteiger charge is -2.33. The average molecular weight is 883 g/mol. The van der Waals surface area contributed by atoms with Gasteiger partial charge in [-0.25, -0.2) is 0 Å². The molecule has 2 aliphatic rings. The molecule has 1 atom stereocenters. The third-order valence-electron chi connectivity index (χ3n) is 14.4. The largest absolute Gasteiger partial charge is 0.310 e. The van der Waals surface area contributed by atoms with Crippen molar-refractivity contribution in [3.8, 4) is 32.7 Å². The predicted molar refractivity (Wildman–Crippen MR) is 288 cm³/mol. The highest BCUT2D eigenvalue weighted by Gasteiger charge is 2.54. The number of fused-ring (bicyclic) bond motifs is 15. The Balaban J connectivity index is 1.04. The van der Waals surface area contributed by atoms with Crippen molar-refractivity contribution in [2.24, 2.45) is 0 Å². The summed E-state index contributed by atoms with van der Waals surface area (Å²) in [7, 11) is 0. The standard InChI is InChI=1S/C65H42N2S/c1-4-18-43(19-5-1)44-32-34-48(35-33-44)66(46-21-6-2-7-22-46)49-36-38-54-53-27-14-16-30-58(53)65(59(54)41-49)60-42-50(37-39-56(60)64-63(65)57-29-15-17-31-62(57)68-64)67(47-23-8-3-9-24-47)61-40-45-20-10-11-25-51(45)52-26-12-13-28-55(52)61/h1-42H. The van der Waals surface area contributed by atoms with Crippen LogP contribution in [0.5, 0.6) is 0 Å². The van der Waals surface area contributed by atoms with Crippen molar-refractivity contribution in [3.63, 3.8) is 0 Å². The zero-order valence-electron chi connectivity index (χ0n) is 37.1. The molecule has 318 valence electrons. The summed E-state index contributed by atoms with van der Waals surface area (Å²) in [5.41, 5.74) is 17.7. The first kappa shape index (κ1) is 38.7. The van der Waals surface area contributed by atoms with Crippen molar-refractivity contribution in [2.75, 3.05) is 9.80 Å². The SMILES string of the molecule is c1ccc(-c2ccc(N(c3ccccc3)c3ccc4c(c3)C3(c5ccccc5-4)c4cc(N(c5ccccc5)c5cc6ccccc6c6ccccc56)ccc4-c4sc5ccccc5c43)cc2)cc1. The Morgan fingerprint density at radius 3 is 1.56 bits per heavy atom. The van der Waals surface area contributed by atoms with Crippen LogP contribution in [0.3, 0.4) is 0 Å². The minimum absolute atomic E-state index is 0.602. The average Bonchev–Trinajstić information content (AvgIpc) is 4.03. The molecule has 0 radical (unpaired) electrons. The lowest BCUT2D eigenvalue weighted by atomic mass is 9.70. The van der Waals surface area contributed by atoms with Crippen molar-refractivity contribution >= 4 is 77.1 Å². The molecule has 2 aliphatic carbocycles. The molecule has 0 saturated heterocycles. The van der Waals surface area contributed by atoms with Gasteiger partial charge >= 0.3 is 0 Å². The first-order valence-corrected chi connectivity index (χ1v) is 24.2. The lowest BCUT2D eigenvalue weighted by Crippen LogP contribution is -2.26. The molecule has 0 fully saturated rings. The van der Waals surface area contributed by atoms with E-state index in [-0.39, 0.29) is 0 Å². The number of nitrogens with zero attached hydrogens (tertiary/aromatic N) is 2. The van der Waals surface area contributed by atoms with E-state index in [4.69, 9.17) is 0 Å². The highest BCUT2D eigenvalue weighted by atomic mass is 32.1. The number of hydrogen-bond donors (Lipinski definition) is 0. The number of benzene rings is 11. The fourth-order valence-electron chi connectivity index (χ4n) is 11.6. The molecular weight excluding hydrogens is 841 g/mol. The maximum atomic E-state index is 2.53. The highest BCUT2D eigenvalue weighted by Crippen LogP contribution is 2.67. The molecule has 1 aromatic heterocycles. The molecule has 0 saturated carbocycles. The topological polar surface area (TPSA) is 6.48 Å². The first-order valence-electron chi connectivity index (χ1n) is 23.4. The van der Waals surface area contributed by atoms with Gasteiger partial charge in [0.1, 0.15) is 0 Å². The third kappa shape index (κ3) is 5.70. The maximum absolute atomic E-state index is 2.53. The second-order valence-corrected chi connectivity index (χ2v) is 19.0. The van der Waals surface area contributed by atoms with E-state index in [0.29, 0.717) is 0 Å². The minimum atomic E-state index is -0.602. The summed E-state index contributed by atoms with van der Waals surface area (Å²) in [5, 5.41) is 6.26. The number of thiophene rings is 1. The van der Waals surface area contributed by atoms with Crippen molar-refractivity contribution in [3.05, 3.63) is 277 Å². The van der Waals surface area contributed by atoms with Gasteiger partial charge in [0.25, 0.3) is 0 Å². The predicted octanol–water partition coefficient (Wildman–Crippen LogP) is 18.2. The van der Waals surface area contributed by atoms with Crippen LogP contribution in [0, 0.1) is 0 Å². The number of anilines is 6. The Morgan fingerprint density at radius 1 is 0.309 bits per heavy atom. The minimum Gasteiger partial charge on any atom is -0.310 e. The van der Waals surface area contributed by atoms with Gasteiger partial charge in [-0.1, -0.05) is 182 Å². The van der Waals surface area contributed by atoms with Crippen molar-refractivity contribution in [1.29, 1.82) is 0 Å². The molecular formula is C65H42N2S. The Bertz CT molecular complexity index is 3910. The van der Waals surface area contributed by atoms with Crippen LogP contribution >= 0.6 is 11.3 Å². The van der Waals surface area contributed by atoms with E-state index in [1.54, 1.807) is 0 Å². The van der Waals surface area contributed by atoms with Crippen molar-refractivity contribution < 1.29 is 0 Å². The third-order valence-corrected chi connectivity index (χ3v) is 15.6. The van der Waals surface area contributed by atoms with Gasteiger partial charge in [-0.2, -0.15) is 0 Å². The van der Waals surface area contributed by atoms with Crippen LogP contribution in [0.15, 0.2) is 255 Å². The van der Waals surface area contributed by atoms with E-state index < -0.39 is 5.41 Å². The number of rotatable bonds is 7. The van der Waals surface area contributed by atoms with Crippen LogP contribution in [0.2, 0.25) is 0 Å². The molecule has 0 amide bonds. The van der Waals surface area contributed by atoms with Crippen molar-refractivity contribution in [2.45, 2.75) is 5.41 Å². The quantitative estimate of drug-likeness (QED) is 0.147. The molecule has 68 heavy (non-hydrogen) atoms. The molecule has 1 heterocycles. The fraction of sp³-hybridized carbons (Fsp3) is 0.0154. The second kappa shape index (κ2) is 15.3. The fourth-order valence-corrected chi connectivity index (χ4v) is 12.9. The van der Waals surface area contributed by atoms with E-state index in [1.165, 1.54) is 86.6 Å². The number of para-hydroxylation sites is 2. The van der Waals surface area contributed by atoms with E-state index >= 15 is 0 Å². The summed E-state index contributed by atoms with van der Waals surface area (Å²) in [6.07, 6.45) is 0. The Morgan fingerprint density at radius 2 is 0.809 bits per heavy atom. The monoisotopic (exact) mass is 882 g/mol. The van der Waals surface area contributed by atoms with Gasteiger partial charge in [0, 0.05) is 43.4 Å². The van der Waals surface area contributed by atoms with Gasteiger partial charge in [0.15, 0.2) is 0 Å². The highest BCUT2D eigenvalue weighted by molar-refractivity contribution is 7.22. The summed E-state index contributed by atoms with van der Waals surface area (Å²) >= 11 is 1.93. The van der Waals surface area contributed by atoms with Crippen LogP contribution in [0.4, 0.5) is 34.1 Å². The zero-order valence-corrected chi connectivity index (χ0v) is 37.9. The van der Waals surface area contributed by atoms with Gasteiger partial charge < -0.3 is 9.80 Å². The van der Waals surface area contributed by atoms with Gasteiger partial charge in [-0.05, 0) is 144 Å². The van der Waals surface area contributed by atoms with E-state index in [9.17, 15) is 0 Å². The summed E-state index contributed by atoms with van der Waals surface area (Å²) < 4.78 is 1.31. The zero-order chi connectivity index (χ0) is 44.8. The van der Waals surface area contributed by atoms with Gasteiger partial charge in [0.05, 0.1) is 11.1 Å². The van der Waals surface area contributed by atoms with E-state index in [1.807, 2.05) is 11.3 Å². The van der Waals surface area contributed by atoms with Crippen LogP contribution in [0.25, 0.3) is 64.3 Å². The van der Waals surface area contributed by atoms with E-state index in [2.05, 4.69) is 265 Å². The molecule has 14 rings (SSSR count). The molecule has 2 nitrogen and oxygen atoms in total. The summed E-state index contributed by atoms with van der Waals surface area (Å²) in [6.45, 7) is 0. The molecule has 12 aromatic rings. The van der Waals surface area contributed by atoms with Crippen LogP contribution < -0.4 is 9.80 Å². The van der Waals surface area contributed by atoms with Gasteiger partial charge in [-0.15, -0.1) is 11.3 Å². The molecule has 11 aromatic carbocycles. The van der Waals surface area contributed by atoms with Crippen LogP contribution in [-0.2, 0) is 5.41 Å². The van der Waals surface area contributed by atoms with E-state index in [0.717, 1.165) is 34.1 Å². The maximum Gasteiger partial charge on any atom is 0.0741 e. The molecule has 1 unspecified atom stereocenters. The smallest absolute Gasteiger partial charge is 0.0741 e.